The molecule has 1 aromatic rings. The van der Waals surface area contributed by atoms with Crippen LogP contribution in [0, 0.1) is 10.8 Å². The van der Waals surface area contributed by atoms with E-state index in [9.17, 15) is 22.8 Å². The number of fused-ring (bicyclic) bond motifs is 1. The maximum Gasteiger partial charge on any atom is 0.471 e. The van der Waals surface area contributed by atoms with E-state index in [0.717, 1.165) is 11.1 Å². The van der Waals surface area contributed by atoms with Crippen LogP contribution in [-0.2, 0) is 16.1 Å². The van der Waals surface area contributed by atoms with Gasteiger partial charge in [0.2, 0.25) is 0 Å². The van der Waals surface area contributed by atoms with Crippen LogP contribution in [0.2, 0.25) is 0 Å². The van der Waals surface area contributed by atoms with Crippen molar-refractivity contribution in [3.8, 4) is 0 Å². The molecule has 164 valence electrons. The summed E-state index contributed by atoms with van der Waals surface area (Å²) in [6.07, 6.45) is -2.46. The molecule has 0 aromatic heterocycles. The zero-order valence-electron chi connectivity index (χ0n) is 17.4. The fourth-order valence-electron chi connectivity index (χ4n) is 4.73. The van der Waals surface area contributed by atoms with E-state index in [1.165, 1.54) is 0 Å². The van der Waals surface area contributed by atoms with Gasteiger partial charge in [0.15, 0.2) is 0 Å². The Kier molecular flexibility index (Phi) is 5.89. The Hall–Kier alpha value is -2.51. The average Bonchev–Trinajstić information content (AvgIpc) is 2.68. The number of carbonyl (C=O) groups excluding carboxylic acids is 2. The Morgan fingerprint density at radius 3 is 2.50 bits per heavy atom. The van der Waals surface area contributed by atoms with E-state index >= 15 is 0 Å². The summed E-state index contributed by atoms with van der Waals surface area (Å²) in [5, 5.41) is 2.16. The molecule has 2 atom stereocenters. The highest BCUT2D eigenvalue weighted by Gasteiger charge is 2.51. The first-order chi connectivity index (χ1) is 13.9. The van der Waals surface area contributed by atoms with Gasteiger partial charge in [-0.25, -0.2) is 4.79 Å². The lowest BCUT2D eigenvalue weighted by Gasteiger charge is -2.53. The van der Waals surface area contributed by atoms with Gasteiger partial charge in [0.25, 0.3) is 0 Å². The van der Waals surface area contributed by atoms with Crippen molar-refractivity contribution in [1.29, 1.82) is 0 Å². The Labute approximate surface area is 174 Å². The topological polar surface area (TPSA) is 58.6 Å². The number of benzene rings is 1. The third kappa shape index (κ3) is 4.47. The summed E-state index contributed by atoms with van der Waals surface area (Å²) in [6.45, 7) is 6.64. The zero-order chi connectivity index (χ0) is 22.2. The third-order valence-electron chi connectivity index (χ3n) is 6.28. The SMILES string of the molecule is CC12CCC(NC(=O)C(F)(F)F)C(C)(C)C1=CCN(C(=O)OCc1ccccc1)C2. The molecule has 1 saturated carbocycles. The Balaban J connectivity index is 1.69. The highest BCUT2D eigenvalue weighted by atomic mass is 19.4. The van der Waals surface area contributed by atoms with Crippen molar-refractivity contribution in [3.05, 3.63) is 47.5 Å². The minimum Gasteiger partial charge on any atom is -0.445 e. The summed E-state index contributed by atoms with van der Waals surface area (Å²) >= 11 is 0. The van der Waals surface area contributed by atoms with Crippen LogP contribution in [0.4, 0.5) is 18.0 Å². The number of halogens is 3. The van der Waals surface area contributed by atoms with Crippen molar-refractivity contribution >= 4 is 12.0 Å². The van der Waals surface area contributed by atoms with Crippen LogP contribution in [0.3, 0.4) is 0 Å². The Bertz CT molecular complexity index is 836. The van der Waals surface area contributed by atoms with E-state index in [1.54, 1.807) is 4.90 Å². The Morgan fingerprint density at radius 2 is 1.87 bits per heavy atom. The minimum atomic E-state index is -4.91. The maximum atomic E-state index is 12.7. The molecule has 2 amide bonds. The summed E-state index contributed by atoms with van der Waals surface area (Å²) < 4.78 is 43.6. The summed E-state index contributed by atoms with van der Waals surface area (Å²) in [4.78, 5) is 25.7. The Morgan fingerprint density at radius 1 is 1.20 bits per heavy atom. The number of alkyl halides is 3. The second kappa shape index (κ2) is 7.96. The molecule has 2 aliphatic rings. The second-order valence-corrected chi connectivity index (χ2v) is 8.88. The molecule has 1 aliphatic carbocycles. The number of nitrogens with one attached hydrogen (secondary N) is 1. The van der Waals surface area contributed by atoms with Crippen molar-refractivity contribution in [3.63, 3.8) is 0 Å². The first-order valence-electron chi connectivity index (χ1n) is 9.98. The van der Waals surface area contributed by atoms with E-state index in [2.05, 4.69) is 5.32 Å². The molecule has 0 bridgehead atoms. The van der Waals surface area contributed by atoms with E-state index in [1.807, 2.05) is 57.2 Å². The molecule has 1 heterocycles. The lowest BCUT2D eigenvalue weighted by Crippen LogP contribution is -2.58. The van der Waals surface area contributed by atoms with Crippen LogP contribution < -0.4 is 5.32 Å². The summed E-state index contributed by atoms with van der Waals surface area (Å²) in [5.41, 5.74) is 0.828. The quantitative estimate of drug-likeness (QED) is 0.730. The smallest absolute Gasteiger partial charge is 0.445 e. The number of hydrogen-bond acceptors (Lipinski definition) is 3. The van der Waals surface area contributed by atoms with Crippen LogP contribution >= 0.6 is 0 Å². The first kappa shape index (κ1) is 22.2. The van der Waals surface area contributed by atoms with Gasteiger partial charge < -0.3 is 15.0 Å². The monoisotopic (exact) mass is 424 g/mol. The number of rotatable bonds is 3. The predicted octanol–water partition coefficient (Wildman–Crippen LogP) is 4.44. The van der Waals surface area contributed by atoms with Crippen molar-refractivity contribution in [2.75, 3.05) is 13.1 Å². The molecule has 8 heteroatoms. The van der Waals surface area contributed by atoms with Gasteiger partial charge in [0.05, 0.1) is 0 Å². The van der Waals surface area contributed by atoms with E-state index < -0.39 is 29.6 Å². The summed E-state index contributed by atoms with van der Waals surface area (Å²) in [6, 6.07) is 8.76. The largest absolute Gasteiger partial charge is 0.471 e. The van der Waals surface area contributed by atoms with Crippen LogP contribution in [0.5, 0.6) is 0 Å². The van der Waals surface area contributed by atoms with Gasteiger partial charge >= 0.3 is 18.2 Å². The van der Waals surface area contributed by atoms with Crippen molar-refractivity contribution in [2.24, 2.45) is 10.8 Å². The fraction of sp³-hybridized carbons (Fsp3) is 0.545. The molecule has 0 radical (unpaired) electrons. The highest BCUT2D eigenvalue weighted by molar-refractivity contribution is 5.82. The van der Waals surface area contributed by atoms with Gasteiger partial charge in [-0.05, 0) is 18.4 Å². The molecule has 5 nitrogen and oxygen atoms in total. The van der Waals surface area contributed by atoms with Gasteiger partial charge in [-0.3, -0.25) is 4.79 Å². The van der Waals surface area contributed by atoms with Gasteiger partial charge in [-0.15, -0.1) is 0 Å². The van der Waals surface area contributed by atoms with Gasteiger partial charge in [0.1, 0.15) is 6.61 Å². The standard InChI is InChI=1S/C22H27F3N2O3/c1-20(2)16-10-12-27(19(29)30-13-15-7-5-4-6-8-15)14-21(16,3)11-9-17(20)26-18(28)22(23,24)25/h4-8,10,17H,9,11-14H2,1-3H3,(H,26,28). The van der Waals surface area contributed by atoms with Crippen LogP contribution in [0.1, 0.15) is 39.2 Å². The van der Waals surface area contributed by atoms with Crippen molar-refractivity contribution < 1.29 is 27.5 Å². The molecule has 3 rings (SSSR count). The molecule has 2 unspecified atom stereocenters. The number of carbonyl (C=O) groups is 2. The molecular weight excluding hydrogens is 397 g/mol. The highest BCUT2D eigenvalue weighted by Crippen LogP contribution is 2.52. The molecule has 30 heavy (non-hydrogen) atoms. The fourth-order valence-corrected chi connectivity index (χ4v) is 4.73. The summed E-state index contributed by atoms with van der Waals surface area (Å²) in [5.74, 6) is -1.91. The first-order valence-corrected chi connectivity index (χ1v) is 9.98. The molecule has 0 spiro atoms. The zero-order valence-corrected chi connectivity index (χ0v) is 17.4. The minimum absolute atomic E-state index is 0.181. The summed E-state index contributed by atoms with van der Waals surface area (Å²) in [7, 11) is 0. The number of hydrogen-bond donors (Lipinski definition) is 1. The lowest BCUT2D eigenvalue weighted by atomic mass is 9.57. The van der Waals surface area contributed by atoms with Gasteiger partial charge in [-0.1, -0.05) is 62.8 Å². The maximum absolute atomic E-state index is 12.7. The van der Waals surface area contributed by atoms with Crippen LogP contribution in [-0.4, -0.2) is 42.2 Å². The lowest BCUT2D eigenvalue weighted by molar-refractivity contribution is -0.175. The van der Waals surface area contributed by atoms with Crippen LogP contribution in [0.15, 0.2) is 42.0 Å². The second-order valence-electron chi connectivity index (χ2n) is 8.88. The number of nitrogens with zero attached hydrogens (tertiary/aromatic N) is 1. The van der Waals surface area contributed by atoms with Gasteiger partial charge in [-0.2, -0.15) is 13.2 Å². The van der Waals surface area contributed by atoms with E-state index in [-0.39, 0.29) is 12.0 Å². The van der Waals surface area contributed by atoms with Crippen molar-refractivity contribution in [2.45, 2.75) is 52.4 Å². The third-order valence-corrected chi connectivity index (χ3v) is 6.28. The number of amides is 2. The molecule has 1 fully saturated rings. The molecule has 0 saturated heterocycles. The van der Waals surface area contributed by atoms with Crippen LogP contribution in [0.25, 0.3) is 0 Å². The van der Waals surface area contributed by atoms with Crippen molar-refractivity contribution in [1.82, 2.24) is 10.2 Å². The van der Waals surface area contributed by atoms with Gasteiger partial charge in [0, 0.05) is 30.0 Å². The molecule has 1 aliphatic heterocycles. The number of ether oxygens (including phenoxy) is 1. The molecule has 1 N–H and O–H groups in total. The molecular formula is C22H27F3N2O3. The van der Waals surface area contributed by atoms with E-state index in [4.69, 9.17) is 4.74 Å². The average molecular weight is 424 g/mol. The normalized spacial score (nSPS) is 25.7. The predicted molar refractivity (Wildman–Crippen MR) is 105 cm³/mol. The van der Waals surface area contributed by atoms with E-state index in [0.29, 0.717) is 25.9 Å². The molecule has 1 aromatic carbocycles.